The summed E-state index contributed by atoms with van der Waals surface area (Å²) in [6.07, 6.45) is 1.18. The van der Waals surface area contributed by atoms with Gasteiger partial charge in [-0.25, -0.2) is 0 Å². The van der Waals surface area contributed by atoms with E-state index in [1.807, 2.05) is 13.8 Å². The van der Waals surface area contributed by atoms with Crippen molar-refractivity contribution in [2.75, 3.05) is 20.1 Å². The summed E-state index contributed by atoms with van der Waals surface area (Å²) in [6, 6.07) is 2.08. The topological polar surface area (TPSA) is 73.2 Å². The first-order chi connectivity index (χ1) is 7.95. The van der Waals surface area contributed by atoms with Gasteiger partial charge in [0.15, 0.2) is 0 Å². The third-order valence-electron chi connectivity index (χ3n) is 3.34. The zero-order valence-corrected chi connectivity index (χ0v) is 10.6. The largest absolute Gasteiger partial charge is 0.346 e. The Morgan fingerprint density at radius 1 is 1.53 bits per heavy atom. The standard InChI is InChI=1S/C12H19N3O2/c1-4-15(3)10(16)7-14-11(17)12(8-13)5-9(2)6-12/h9H,4-7H2,1-3H3,(H,14,17). The number of carbonyl (C=O) groups is 2. The molecule has 0 heterocycles. The van der Waals surface area contributed by atoms with Gasteiger partial charge in [-0.05, 0) is 25.7 Å². The second-order valence-corrected chi connectivity index (χ2v) is 4.80. The fourth-order valence-corrected chi connectivity index (χ4v) is 2.09. The molecule has 0 spiro atoms. The molecule has 1 N–H and O–H groups in total. The van der Waals surface area contributed by atoms with Crippen molar-refractivity contribution in [2.45, 2.75) is 26.7 Å². The Balaban J connectivity index is 2.45. The second kappa shape index (κ2) is 5.17. The number of rotatable bonds is 4. The fourth-order valence-electron chi connectivity index (χ4n) is 2.09. The minimum Gasteiger partial charge on any atom is -0.346 e. The van der Waals surface area contributed by atoms with Crippen LogP contribution >= 0.6 is 0 Å². The van der Waals surface area contributed by atoms with Crippen molar-refractivity contribution < 1.29 is 9.59 Å². The number of amides is 2. The summed E-state index contributed by atoms with van der Waals surface area (Å²) >= 11 is 0. The summed E-state index contributed by atoms with van der Waals surface area (Å²) in [5.74, 6) is -0.0355. The lowest BCUT2D eigenvalue weighted by Crippen LogP contribution is -2.50. The predicted octanol–water partition coefficient (Wildman–Crippen LogP) is 0.521. The Hall–Kier alpha value is -1.57. The van der Waals surface area contributed by atoms with Crippen LogP contribution < -0.4 is 5.32 Å². The quantitative estimate of drug-likeness (QED) is 0.774. The second-order valence-electron chi connectivity index (χ2n) is 4.80. The first kappa shape index (κ1) is 13.5. The minimum absolute atomic E-state index is 0.0268. The van der Waals surface area contributed by atoms with Gasteiger partial charge in [0, 0.05) is 13.6 Å². The van der Waals surface area contributed by atoms with Crippen LogP contribution in [0.3, 0.4) is 0 Å². The van der Waals surface area contributed by atoms with E-state index in [0.29, 0.717) is 25.3 Å². The first-order valence-electron chi connectivity index (χ1n) is 5.88. The van der Waals surface area contributed by atoms with Crippen LogP contribution in [0.5, 0.6) is 0 Å². The molecule has 1 aliphatic rings. The molecule has 2 amide bonds. The Kier molecular flexibility index (Phi) is 4.11. The molecule has 0 radical (unpaired) electrons. The van der Waals surface area contributed by atoms with Crippen LogP contribution in [0.15, 0.2) is 0 Å². The molecule has 94 valence electrons. The maximum absolute atomic E-state index is 11.8. The van der Waals surface area contributed by atoms with E-state index in [2.05, 4.69) is 11.4 Å². The minimum atomic E-state index is -0.898. The van der Waals surface area contributed by atoms with E-state index < -0.39 is 5.41 Å². The third-order valence-corrected chi connectivity index (χ3v) is 3.34. The van der Waals surface area contributed by atoms with E-state index in [-0.39, 0.29) is 18.4 Å². The molecule has 5 nitrogen and oxygen atoms in total. The Morgan fingerprint density at radius 2 is 2.12 bits per heavy atom. The number of likely N-dealkylation sites (N-methyl/N-ethyl adjacent to an activating group) is 1. The molecule has 1 rings (SSSR count). The van der Waals surface area contributed by atoms with Gasteiger partial charge in [-0.1, -0.05) is 6.92 Å². The van der Waals surface area contributed by atoms with Gasteiger partial charge >= 0.3 is 0 Å². The molecule has 1 saturated carbocycles. The number of nitrogens with one attached hydrogen (secondary N) is 1. The van der Waals surface area contributed by atoms with Gasteiger partial charge in [0.25, 0.3) is 0 Å². The molecule has 1 aliphatic carbocycles. The summed E-state index contributed by atoms with van der Waals surface area (Å²) in [5.41, 5.74) is -0.898. The zero-order chi connectivity index (χ0) is 13.1. The lowest BCUT2D eigenvalue weighted by atomic mass is 9.63. The average molecular weight is 237 g/mol. The van der Waals surface area contributed by atoms with Gasteiger partial charge in [-0.2, -0.15) is 5.26 Å². The van der Waals surface area contributed by atoms with Crippen LogP contribution in [-0.4, -0.2) is 36.9 Å². The van der Waals surface area contributed by atoms with Gasteiger partial charge in [-0.3, -0.25) is 9.59 Å². The van der Waals surface area contributed by atoms with Crippen LogP contribution in [0, 0.1) is 22.7 Å². The highest BCUT2D eigenvalue weighted by atomic mass is 16.2. The van der Waals surface area contributed by atoms with Gasteiger partial charge in [0.2, 0.25) is 11.8 Å². The van der Waals surface area contributed by atoms with E-state index >= 15 is 0 Å². The number of nitrogens with zero attached hydrogens (tertiary/aromatic N) is 2. The highest BCUT2D eigenvalue weighted by Crippen LogP contribution is 2.44. The molecular formula is C12H19N3O2. The number of hydrogen-bond acceptors (Lipinski definition) is 3. The highest BCUT2D eigenvalue weighted by molar-refractivity contribution is 5.90. The maximum atomic E-state index is 11.8. The van der Waals surface area contributed by atoms with Gasteiger partial charge in [-0.15, -0.1) is 0 Å². The van der Waals surface area contributed by atoms with E-state index in [4.69, 9.17) is 5.26 Å². The van der Waals surface area contributed by atoms with Gasteiger partial charge in [0.05, 0.1) is 12.6 Å². The van der Waals surface area contributed by atoms with Gasteiger partial charge < -0.3 is 10.2 Å². The van der Waals surface area contributed by atoms with Crippen LogP contribution in [0.4, 0.5) is 0 Å². The summed E-state index contributed by atoms with van der Waals surface area (Å²) in [5, 5.41) is 11.6. The summed E-state index contributed by atoms with van der Waals surface area (Å²) in [6.45, 7) is 4.46. The molecule has 0 atom stereocenters. The Morgan fingerprint density at radius 3 is 2.53 bits per heavy atom. The number of nitriles is 1. The molecular weight excluding hydrogens is 218 g/mol. The third kappa shape index (κ3) is 2.76. The van der Waals surface area contributed by atoms with Crippen molar-refractivity contribution >= 4 is 11.8 Å². The van der Waals surface area contributed by atoms with E-state index in [9.17, 15) is 9.59 Å². The number of carbonyl (C=O) groups excluding carboxylic acids is 2. The van der Waals surface area contributed by atoms with Crippen LogP contribution in [0.2, 0.25) is 0 Å². The maximum Gasteiger partial charge on any atom is 0.241 e. The van der Waals surface area contributed by atoms with E-state index in [0.717, 1.165) is 0 Å². The molecule has 17 heavy (non-hydrogen) atoms. The van der Waals surface area contributed by atoms with Crippen molar-refractivity contribution in [3.8, 4) is 6.07 Å². The Bertz CT molecular complexity index is 353. The molecule has 0 aromatic carbocycles. The van der Waals surface area contributed by atoms with Crippen LogP contribution in [0.25, 0.3) is 0 Å². The van der Waals surface area contributed by atoms with Crippen LogP contribution in [0.1, 0.15) is 26.7 Å². The average Bonchev–Trinajstić information content (AvgIpc) is 2.29. The van der Waals surface area contributed by atoms with E-state index in [1.54, 1.807) is 7.05 Å². The van der Waals surface area contributed by atoms with Crippen molar-refractivity contribution in [3.63, 3.8) is 0 Å². The van der Waals surface area contributed by atoms with Crippen molar-refractivity contribution in [1.29, 1.82) is 5.26 Å². The highest BCUT2D eigenvalue weighted by Gasteiger charge is 2.48. The molecule has 0 aliphatic heterocycles. The Labute approximate surface area is 102 Å². The molecule has 0 bridgehead atoms. The van der Waals surface area contributed by atoms with Gasteiger partial charge in [0.1, 0.15) is 5.41 Å². The smallest absolute Gasteiger partial charge is 0.241 e. The lowest BCUT2D eigenvalue weighted by Gasteiger charge is -2.39. The predicted molar refractivity (Wildman–Crippen MR) is 62.8 cm³/mol. The lowest BCUT2D eigenvalue weighted by molar-refractivity contribution is -0.137. The fraction of sp³-hybridized carbons (Fsp3) is 0.750. The zero-order valence-electron chi connectivity index (χ0n) is 10.6. The summed E-state index contributed by atoms with van der Waals surface area (Å²) < 4.78 is 0. The van der Waals surface area contributed by atoms with E-state index in [1.165, 1.54) is 4.90 Å². The van der Waals surface area contributed by atoms with Crippen molar-refractivity contribution in [2.24, 2.45) is 11.3 Å². The first-order valence-corrected chi connectivity index (χ1v) is 5.88. The number of hydrogen-bond donors (Lipinski definition) is 1. The van der Waals surface area contributed by atoms with Crippen LogP contribution in [-0.2, 0) is 9.59 Å². The SMILES string of the molecule is CCN(C)C(=O)CNC(=O)C1(C#N)CC(C)C1. The molecule has 5 heteroatoms. The molecule has 0 saturated heterocycles. The molecule has 0 aromatic rings. The van der Waals surface area contributed by atoms with Crippen molar-refractivity contribution in [3.05, 3.63) is 0 Å². The molecule has 1 fully saturated rings. The normalized spacial score (nSPS) is 26.6. The molecule has 0 aromatic heterocycles. The monoisotopic (exact) mass is 237 g/mol. The summed E-state index contributed by atoms with van der Waals surface area (Å²) in [4.78, 5) is 24.9. The molecule has 0 unspecified atom stereocenters. The van der Waals surface area contributed by atoms with Crippen molar-refractivity contribution in [1.82, 2.24) is 10.2 Å². The summed E-state index contributed by atoms with van der Waals surface area (Å²) in [7, 11) is 1.68.